The molecule has 0 aromatic carbocycles. The second-order valence-electron chi connectivity index (χ2n) is 17.0. The van der Waals surface area contributed by atoms with E-state index in [-0.39, 0.29) is 30.8 Å². The molecule has 0 aliphatic carbocycles. The molecule has 0 saturated heterocycles. The van der Waals surface area contributed by atoms with Crippen molar-refractivity contribution in [2.24, 2.45) is 0 Å². The first-order chi connectivity index (χ1) is 27.0. The molecule has 0 aliphatic rings. The Bertz CT molecular complexity index is 759. The van der Waals surface area contributed by atoms with Gasteiger partial charge in [0.1, 0.15) is 12.2 Å². The van der Waals surface area contributed by atoms with Gasteiger partial charge in [0.05, 0.1) is 6.61 Å². The first-order valence-corrected chi connectivity index (χ1v) is 24.7. The molecule has 0 aromatic rings. The van der Waals surface area contributed by atoms with Crippen molar-refractivity contribution in [2.75, 3.05) is 26.2 Å². The molecule has 0 unspecified atom stereocenters. The molecule has 0 bridgehead atoms. The fraction of sp³-hybridized carbons (Fsp3) is 0.959. The van der Waals surface area contributed by atoms with Gasteiger partial charge in [-0.25, -0.2) is 0 Å². The molecular weight excluding hydrogens is 683 g/mol. The van der Waals surface area contributed by atoms with E-state index in [1.165, 1.54) is 154 Å². The van der Waals surface area contributed by atoms with Crippen LogP contribution in [0.1, 0.15) is 265 Å². The fourth-order valence-electron chi connectivity index (χ4n) is 7.84. The Labute approximate surface area is 343 Å². The molecule has 328 valence electrons. The van der Waals surface area contributed by atoms with E-state index in [0.29, 0.717) is 19.4 Å². The van der Waals surface area contributed by atoms with Crippen molar-refractivity contribution in [3.05, 3.63) is 0 Å². The summed E-state index contributed by atoms with van der Waals surface area (Å²) in [5.41, 5.74) is 0. The maximum absolute atomic E-state index is 12.8. The molecule has 55 heavy (non-hydrogen) atoms. The summed E-state index contributed by atoms with van der Waals surface area (Å²) in [5, 5.41) is 9.65. The highest BCUT2D eigenvalue weighted by molar-refractivity contribution is 5.69. The molecule has 0 fully saturated rings. The molecule has 0 aliphatic heterocycles. The zero-order valence-corrected chi connectivity index (χ0v) is 37.7. The first kappa shape index (κ1) is 53.9. The summed E-state index contributed by atoms with van der Waals surface area (Å²) in [6.45, 7) is 11.9. The molecule has 0 amide bonds. The van der Waals surface area contributed by atoms with Gasteiger partial charge in [0.2, 0.25) is 0 Å². The smallest absolute Gasteiger partial charge is 0.306 e. The number of aliphatic hydroxyl groups excluding tert-OH is 1. The van der Waals surface area contributed by atoms with Crippen LogP contribution in [0.5, 0.6) is 0 Å². The third kappa shape index (κ3) is 39.5. The standard InChI is InChI=1S/C49H97NO5/c1-5-9-13-17-21-28-36-46(37-29-22-18-14-10-6-2)54-48(52)40-32-25-26-34-42-50(44-45-51)43-35-27-33-41-49(53)55-47(38-30-23-19-15-11-7-3)39-31-24-20-16-12-8-4/h46-47,51H,5-45H2,1-4H3. The molecule has 0 saturated carbocycles. The van der Waals surface area contributed by atoms with E-state index in [2.05, 4.69) is 32.6 Å². The predicted octanol–water partition coefficient (Wildman–Crippen LogP) is 14.6. The van der Waals surface area contributed by atoms with Crippen LogP contribution >= 0.6 is 0 Å². The fourth-order valence-corrected chi connectivity index (χ4v) is 7.84. The van der Waals surface area contributed by atoms with Gasteiger partial charge in [0.15, 0.2) is 0 Å². The van der Waals surface area contributed by atoms with Crippen LogP contribution in [0.15, 0.2) is 0 Å². The van der Waals surface area contributed by atoms with Gasteiger partial charge in [-0.05, 0) is 90.1 Å². The molecule has 6 heteroatoms. The minimum absolute atomic E-state index is 0.00103. The van der Waals surface area contributed by atoms with Crippen molar-refractivity contribution < 1.29 is 24.2 Å². The average molecular weight is 780 g/mol. The molecule has 1 N–H and O–H groups in total. The molecular formula is C49H97NO5. The molecule has 0 heterocycles. The van der Waals surface area contributed by atoms with Crippen LogP contribution in [-0.2, 0) is 19.1 Å². The second kappa shape index (κ2) is 44.0. The Morgan fingerprint density at radius 3 is 0.982 bits per heavy atom. The lowest BCUT2D eigenvalue weighted by atomic mass is 10.0. The number of hydrogen-bond donors (Lipinski definition) is 1. The Balaban J connectivity index is 4.34. The first-order valence-electron chi connectivity index (χ1n) is 24.7. The second-order valence-corrected chi connectivity index (χ2v) is 17.0. The molecule has 0 aromatic heterocycles. The molecule has 0 rings (SSSR count). The minimum atomic E-state index is -0.0100. The summed E-state index contributed by atoms with van der Waals surface area (Å²) < 4.78 is 12.1. The van der Waals surface area contributed by atoms with Crippen molar-refractivity contribution in [3.63, 3.8) is 0 Å². The van der Waals surface area contributed by atoms with Gasteiger partial charge in [0.25, 0.3) is 0 Å². The number of rotatable bonds is 45. The van der Waals surface area contributed by atoms with Crippen LogP contribution in [0, 0.1) is 0 Å². The van der Waals surface area contributed by atoms with Crippen molar-refractivity contribution in [1.29, 1.82) is 0 Å². The zero-order chi connectivity index (χ0) is 40.3. The zero-order valence-electron chi connectivity index (χ0n) is 37.7. The minimum Gasteiger partial charge on any atom is -0.462 e. The maximum Gasteiger partial charge on any atom is 0.306 e. The number of unbranched alkanes of at least 4 members (excludes halogenated alkanes) is 25. The largest absolute Gasteiger partial charge is 0.462 e. The molecule has 6 nitrogen and oxygen atoms in total. The molecule has 0 radical (unpaired) electrons. The normalized spacial score (nSPS) is 11.7. The topological polar surface area (TPSA) is 76.1 Å². The van der Waals surface area contributed by atoms with Crippen LogP contribution < -0.4 is 0 Å². The van der Waals surface area contributed by atoms with Gasteiger partial charge in [-0.3, -0.25) is 9.59 Å². The van der Waals surface area contributed by atoms with Crippen molar-refractivity contribution in [1.82, 2.24) is 4.90 Å². The van der Waals surface area contributed by atoms with Crippen LogP contribution in [-0.4, -0.2) is 60.4 Å². The number of esters is 2. The van der Waals surface area contributed by atoms with Crippen molar-refractivity contribution in [3.8, 4) is 0 Å². The lowest BCUT2D eigenvalue weighted by Crippen LogP contribution is -2.29. The van der Waals surface area contributed by atoms with Gasteiger partial charge >= 0.3 is 11.9 Å². The van der Waals surface area contributed by atoms with Crippen LogP contribution in [0.3, 0.4) is 0 Å². The SMILES string of the molecule is CCCCCCCCC(CCCCCCCC)OC(=O)CCCCCCN(CCO)CCCCCC(=O)OC(CCCCCCCC)CCCCCCCC. The number of hydrogen-bond acceptors (Lipinski definition) is 6. The number of nitrogens with zero attached hydrogens (tertiary/aromatic N) is 1. The van der Waals surface area contributed by atoms with E-state index in [1.807, 2.05) is 0 Å². The van der Waals surface area contributed by atoms with Crippen molar-refractivity contribution in [2.45, 2.75) is 277 Å². The van der Waals surface area contributed by atoms with Gasteiger partial charge in [-0.2, -0.15) is 0 Å². The monoisotopic (exact) mass is 780 g/mol. The third-order valence-electron chi connectivity index (χ3n) is 11.5. The Hall–Kier alpha value is -1.14. The Morgan fingerprint density at radius 1 is 0.382 bits per heavy atom. The highest BCUT2D eigenvalue weighted by Gasteiger charge is 2.16. The Kier molecular flexibility index (Phi) is 43.1. The maximum atomic E-state index is 12.8. The molecule has 0 atom stereocenters. The van der Waals surface area contributed by atoms with Gasteiger partial charge in [-0.15, -0.1) is 0 Å². The van der Waals surface area contributed by atoms with E-state index in [4.69, 9.17) is 9.47 Å². The summed E-state index contributed by atoms with van der Waals surface area (Å²) >= 11 is 0. The number of ether oxygens (including phenoxy) is 2. The average Bonchev–Trinajstić information content (AvgIpc) is 3.17. The van der Waals surface area contributed by atoms with Gasteiger partial charge in [0, 0.05) is 19.4 Å². The van der Waals surface area contributed by atoms with E-state index >= 15 is 0 Å². The van der Waals surface area contributed by atoms with Gasteiger partial charge < -0.3 is 19.5 Å². The molecule has 0 spiro atoms. The van der Waals surface area contributed by atoms with Gasteiger partial charge in [-0.1, -0.05) is 175 Å². The van der Waals surface area contributed by atoms with Crippen LogP contribution in [0.25, 0.3) is 0 Å². The highest BCUT2D eigenvalue weighted by atomic mass is 16.5. The predicted molar refractivity (Wildman–Crippen MR) is 237 cm³/mol. The van der Waals surface area contributed by atoms with Crippen LogP contribution in [0.2, 0.25) is 0 Å². The number of carbonyl (C=O) groups is 2. The summed E-state index contributed by atoms with van der Waals surface area (Å²) in [5.74, 6) is -0.0110. The van der Waals surface area contributed by atoms with E-state index in [1.54, 1.807) is 0 Å². The number of carbonyl (C=O) groups excluding carboxylic acids is 2. The van der Waals surface area contributed by atoms with E-state index < -0.39 is 0 Å². The number of aliphatic hydroxyl groups is 1. The van der Waals surface area contributed by atoms with Crippen LogP contribution in [0.4, 0.5) is 0 Å². The Morgan fingerprint density at radius 2 is 0.655 bits per heavy atom. The summed E-state index contributed by atoms with van der Waals surface area (Å²) in [4.78, 5) is 27.9. The van der Waals surface area contributed by atoms with E-state index in [9.17, 15) is 14.7 Å². The quantitative estimate of drug-likeness (QED) is 0.0490. The lowest BCUT2D eigenvalue weighted by molar-refractivity contribution is -0.151. The van der Waals surface area contributed by atoms with Crippen molar-refractivity contribution >= 4 is 11.9 Å². The van der Waals surface area contributed by atoms with E-state index in [0.717, 1.165) is 83.7 Å². The third-order valence-corrected chi connectivity index (χ3v) is 11.5. The highest BCUT2D eigenvalue weighted by Crippen LogP contribution is 2.20. The lowest BCUT2D eigenvalue weighted by Gasteiger charge is -2.21. The summed E-state index contributed by atoms with van der Waals surface area (Å²) in [6.07, 6.45) is 43.0. The summed E-state index contributed by atoms with van der Waals surface area (Å²) in [7, 11) is 0. The summed E-state index contributed by atoms with van der Waals surface area (Å²) in [6, 6.07) is 0.